The number of para-hydroxylation sites is 1. The molecule has 0 radical (unpaired) electrons. The summed E-state index contributed by atoms with van der Waals surface area (Å²) >= 11 is 0. The predicted octanol–water partition coefficient (Wildman–Crippen LogP) is -0.554. The van der Waals surface area contributed by atoms with Crippen molar-refractivity contribution >= 4 is 11.6 Å². The third-order valence-electron chi connectivity index (χ3n) is 2.08. The Labute approximate surface area is 91.5 Å². The van der Waals surface area contributed by atoms with Crippen molar-refractivity contribution in [2.75, 3.05) is 5.73 Å². The Kier molecular flexibility index (Phi) is 3.65. The van der Waals surface area contributed by atoms with Gasteiger partial charge in [0.2, 0.25) is 5.91 Å². The van der Waals surface area contributed by atoms with E-state index >= 15 is 0 Å². The maximum Gasteiger partial charge on any atom is 0.246 e. The summed E-state index contributed by atoms with van der Waals surface area (Å²) < 4.78 is 0. The van der Waals surface area contributed by atoms with Gasteiger partial charge in [0.05, 0.1) is 0 Å². The van der Waals surface area contributed by atoms with Crippen LogP contribution in [0.5, 0.6) is 0 Å². The number of anilines is 1. The minimum atomic E-state index is -1.07. The molecule has 0 aliphatic carbocycles. The molecule has 86 valence electrons. The minimum Gasteiger partial charge on any atom is -0.399 e. The summed E-state index contributed by atoms with van der Waals surface area (Å²) in [6, 6.07) is 5.74. The molecule has 7 nitrogen and oxygen atoms in total. The normalized spacial score (nSPS) is 11.8. The molecule has 7 heteroatoms. The van der Waals surface area contributed by atoms with Crippen molar-refractivity contribution in [2.24, 2.45) is 5.73 Å². The number of nitrogen functional groups attached to an aromatic ring is 1. The number of nitrogens with zero attached hydrogens (tertiary/aromatic N) is 1. The number of carbonyl (C=O) groups is 1. The number of primary amides is 1. The molecule has 0 aromatic heterocycles. The van der Waals surface area contributed by atoms with Gasteiger partial charge in [0.25, 0.3) is 0 Å². The first-order valence-corrected chi connectivity index (χ1v) is 4.54. The quantitative estimate of drug-likeness (QED) is 0.351. The number of nitro groups is 1. The summed E-state index contributed by atoms with van der Waals surface area (Å²) in [6.45, 7) is 0. The number of hydrazine groups is 1. The van der Waals surface area contributed by atoms with E-state index in [1.165, 1.54) is 0 Å². The van der Waals surface area contributed by atoms with E-state index < -0.39 is 17.0 Å². The summed E-state index contributed by atoms with van der Waals surface area (Å²) in [5, 5.41) is 9.45. The molecule has 1 aromatic rings. The molecule has 1 rings (SSSR count). The van der Waals surface area contributed by atoms with Crippen LogP contribution in [0.3, 0.4) is 0 Å². The molecule has 16 heavy (non-hydrogen) atoms. The van der Waals surface area contributed by atoms with Gasteiger partial charge in [0.15, 0.2) is 11.1 Å². The van der Waals surface area contributed by atoms with Crippen LogP contribution in [0.1, 0.15) is 5.56 Å². The fourth-order valence-corrected chi connectivity index (χ4v) is 1.28. The Morgan fingerprint density at radius 3 is 2.62 bits per heavy atom. The Morgan fingerprint density at radius 1 is 1.50 bits per heavy atom. The highest BCUT2D eigenvalue weighted by Crippen LogP contribution is 2.12. The van der Waals surface area contributed by atoms with Gasteiger partial charge in [-0.2, -0.15) is 0 Å². The van der Waals surface area contributed by atoms with Crippen molar-refractivity contribution in [3.8, 4) is 0 Å². The summed E-state index contributed by atoms with van der Waals surface area (Å²) in [7, 11) is 0. The highest BCUT2D eigenvalue weighted by atomic mass is 16.7. The number of hydrogen-bond acceptors (Lipinski definition) is 4. The van der Waals surface area contributed by atoms with Crippen LogP contribution in [0.25, 0.3) is 0 Å². The zero-order valence-corrected chi connectivity index (χ0v) is 8.42. The van der Waals surface area contributed by atoms with Gasteiger partial charge < -0.3 is 11.5 Å². The van der Waals surface area contributed by atoms with E-state index in [0.29, 0.717) is 11.3 Å². The summed E-state index contributed by atoms with van der Waals surface area (Å²) in [5.74, 6) is -0.792. The van der Waals surface area contributed by atoms with Gasteiger partial charge in [-0.3, -0.25) is 4.79 Å². The molecule has 0 spiro atoms. The predicted molar refractivity (Wildman–Crippen MR) is 57.7 cm³/mol. The molecule has 1 amide bonds. The fourth-order valence-electron chi connectivity index (χ4n) is 1.28. The molecule has 0 saturated carbocycles. The Morgan fingerprint density at radius 2 is 2.12 bits per heavy atom. The van der Waals surface area contributed by atoms with Crippen molar-refractivity contribution in [3.63, 3.8) is 0 Å². The molecular weight excluding hydrogens is 212 g/mol. The summed E-state index contributed by atoms with van der Waals surface area (Å²) in [5.41, 5.74) is 13.6. The van der Waals surface area contributed by atoms with E-state index in [0.717, 1.165) is 0 Å². The van der Waals surface area contributed by atoms with Crippen LogP contribution in [0.4, 0.5) is 5.69 Å². The first-order valence-electron chi connectivity index (χ1n) is 4.54. The number of nitrogens with one attached hydrogen (secondary N) is 1. The maximum absolute atomic E-state index is 11.0. The molecular formula is C9H12N4O3. The monoisotopic (exact) mass is 224 g/mol. The molecule has 0 bridgehead atoms. The summed E-state index contributed by atoms with van der Waals surface area (Å²) in [6.07, 6.45) is 0.0863. The van der Waals surface area contributed by atoms with Crippen LogP contribution >= 0.6 is 0 Å². The second-order valence-corrected chi connectivity index (χ2v) is 3.24. The van der Waals surface area contributed by atoms with E-state index in [2.05, 4.69) is 0 Å². The number of carbonyl (C=O) groups excluding carboxylic acids is 1. The number of hydrogen-bond donors (Lipinski definition) is 3. The molecule has 5 N–H and O–H groups in total. The third kappa shape index (κ3) is 3.12. The molecule has 0 saturated heterocycles. The van der Waals surface area contributed by atoms with Gasteiger partial charge >= 0.3 is 0 Å². The van der Waals surface area contributed by atoms with E-state index in [4.69, 9.17) is 11.5 Å². The average molecular weight is 224 g/mol. The van der Waals surface area contributed by atoms with Crippen LogP contribution in [-0.2, 0) is 11.2 Å². The zero-order chi connectivity index (χ0) is 12.1. The van der Waals surface area contributed by atoms with Crippen LogP contribution in [0.2, 0.25) is 0 Å². The standard InChI is InChI=1S/C9H12N4O3/c10-7-4-2-1-3-6(7)5-8(9(11)14)12-13(15)16/h1-4,8,12H,5,10H2,(H2,11,14). The van der Waals surface area contributed by atoms with E-state index in [9.17, 15) is 14.9 Å². The lowest BCUT2D eigenvalue weighted by atomic mass is 10.0. The highest BCUT2D eigenvalue weighted by molar-refractivity contribution is 5.80. The second kappa shape index (κ2) is 4.96. The highest BCUT2D eigenvalue weighted by Gasteiger charge is 2.21. The lowest BCUT2D eigenvalue weighted by Gasteiger charge is -2.11. The van der Waals surface area contributed by atoms with Crippen molar-refractivity contribution < 1.29 is 9.83 Å². The van der Waals surface area contributed by atoms with E-state index in [-0.39, 0.29) is 6.42 Å². The summed E-state index contributed by atoms with van der Waals surface area (Å²) in [4.78, 5) is 21.2. The first kappa shape index (κ1) is 11.8. The topological polar surface area (TPSA) is 124 Å². The molecule has 0 fully saturated rings. The van der Waals surface area contributed by atoms with E-state index in [1.54, 1.807) is 24.3 Å². The Balaban J connectivity index is 2.80. The number of benzene rings is 1. The van der Waals surface area contributed by atoms with Crippen LogP contribution in [0.15, 0.2) is 24.3 Å². The van der Waals surface area contributed by atoms with Crippen molar-refractivity contribution in [3.05, 3.63) is 39.9 Å². The van der Waals surface area contributed by atoms with E-state index in [1.807, 2.05) is 5.43 Å². The van der Waals surface area contributed by atoms with Gasteiger partial charge in [0.1, 0.15) is 0 Å². The minimum absolute atomic E-state index is 0.0863. The zero-order valence-electron chi connectivity index (χ0n) is 8.42. The SMILES string of the molecule is NC(=O)C(Cc1ccccc1N)N[N+](=O)[O-]. The van der Waals surface area contributed by atoms with Crippen molar-refractivity contribution in [1.29, 1.82) is 0 Å². The average Bonchev–Trinajstić information content (AvgIpc) is 2.19. The van der Waals surface area contributed by atoms with Gasteiger partial charge in [-0.15, -0.1) is 5.43 Å². The molecule has 1 atom stereocenters. The van der Waals surface area contributed by atoms with Crippen molar-refractivity contribution in [1.82, 2.24) is 5.43 Å². The Bertz CT molecular complexity index is 407. The van der Waals surface area contributed by atoms with Crippen LogP contribution in [-0.4, -0.2) is 17.0 Å². The lowest BCUT2D eigenvalue weighted by molar-refractivity contribution is -0.548. The maximum atomic E-state index is 11.0. The third-order valence-corrected chi connectivity index (χ3v) is 2.08. The molecule has 0 aliphatic rings. The fraction of sp³-hybridized carbons (Fsp3) is 0.222. The molecule has 1 unspecified atom stereocenters. The molecule has 0 aliphatic heterocycles. The number of nitrogens with two attached hydrogens (primary N) is 2. The second-order valence-electron chi connectivity index (χ2n) is 3.24. The molecule has 1 aromatic carbocycles. The molecule has 0 heterocycles. The van der Waals surface area contributed by atoms with Gasteiger partial charge in [-0.25, -0.2) is 10.1 Å². The van der Waals surface area contributed by atoms with Crippen LogP contribution < -0.4 is 16.9 Å². The first-order chi connectivity index (χ1) is 7.50. The lowest BCUT2D eigenvalue weighted by Crippen LogP contribution is -2.45. The number of rotatable bonds is 5. The number of amides is 1. The van der Waals surface area contributed by atoms with Crippen LogP contribution in [0, 0.1) is 10.1 Å². The largest absolute Gasteiger partial charge is 0.399 e. The van der Waals surface area contributed by atoms with Gasteiger partial charge in [0, 0.05) is 12.1 Å². The van der Waals surface area contributed by atoms with Gasteiger partial charge in [-0.1, -0.05) is 18.2 Å². The van der Waals surface area contributed by atoms with Crippen molar-refractivity contribution in [2.45, 2.75) is 12.5 Å². The smallest absolute Gasteiger partial charge is 0.246 e. The Hall–Kier alpha value is -2.31. The van der Waals surface area contributed by atoms with Gasteiger partial charge in [-0.05, 0) is 11.6 Å².